The van der Waals surface area contributed by atoms with Gasteiger partial charge in [-0.2, -0.15) is 0 Å². The van der Waals surface area contributed by atoms with Gasteiger partial charge in [-0.3, -0.25) is 24.0 Å². The maximum atomic E-state index is 11.2. The highest BCUT2D eigenvalue weighted by Crippen LogP contribution is 2.23. The number of carboxylic acids is 2. The number of hydrogen-bond donors (Lipinski definition) is 7. The number of methoxy groups -OCH3 is 3. The topological polar surface area (TPSA) is 273 Å². The first-order valence-electron chi connectivity index (χ1n) is 32.5. The SMILES string of the molecule is CC.CC.CC.CC.CC(Cc1ccccc1)C(=O)O.CC(Cc1ccccc1)[C@H]1CO1.CCO.CCO.COC(=O)C(C)Cc1ccc(CO)cc1.COC(=O)C(C)Cc1ccccc1.COC(=O)C(C)Cc1ccccc1.NC(Cc1ccc(CO)cc1)C(=O)O. The van der Waals surface area contributed by atoms with Gasteiger partial charge < -0.3 is 55.3 Å². The summed E-state index contributed by atoms with van der Waals surface area (Å²) in [5, 5.41) is 50.0. The normalized spacial score (nSPS) is 12.5. The van der Waals surface area contributed by atoms with Crippen LogP contribution in [0.5, 0.6) is 0 Å². The van der Waals surface area contributed by atoms with Crippen molar-refractivity contribution in [1.29, 1.82) is 0 Å². The predicted octanol–water partition coefficient (Wildman–Crippen LogP) is 14.1. The van der Waals surface area contributed by atoms with Crippen LogP contribution in [0.15, 0.2) is 170 Å². The zero-order valence-corrected chi connectivity index (χ0v) is 59.4. The maximum absolute atomic E-state index is 11.2. The summed E-state index contributed by atoms with van der Waals surface area (Å²) in [4.78, 5) is 54.3. The van der Waals surface area contributed by atoms with E-state index in [0.717, 1.165) is 53.7 Å². The lowest BCUT2D eigenvalue weighted by atomic mass is 9.99. The van der Waals surface area contributed by atoms with Crippen LogP contribution in [0, 0.1) is 29.6 Å². The maximum Gasteiger partial charge on any atom is 0.320 e. The quantitative estimate of drug-likeness (QED) is 0.0213. The molecular formula is C77H119NO15. The lowest BCUT2D eigenvalue weighted by Crippen LogP contribution is -2.32. The molecule has 0 saturated carbocycles. The first kappa shape index (κ1) is 94.1. The molecule has 1 fully saturated rings. The molecule has 16 nitrogen and oxygen atoms in total. The van der Waals surface area contributed by atoms with Gasteiger partial charge in [0, 0.05) is 13.2 Å². The number of rotatable bonds is 20. The van der Waals surface area contributed by atoms with E-state index in [1.807, 2.05) is 191 Å². The monoisotopic (exact) mass is 1300 g/mol. The van der Waals surface area contributed by atoms with Crippen LogP contribution in [0.25, 0.3) is 0 Å². The zero-order chi connectivity index (χ0) is 72.0. The lowest BCUT2D eigenvalue weighted by molar-refractivity contribution is -0.145. The average molecular weight is 1300 g/mol. The smallest absolute Gasteiger partial charge is 0.320 e. The number of carbonyl (C=O) groups excluding carboxylic acids is 3. The second-order valence-corrected chi connectivity index (χ2v) is 20.1. The number of aliphatic hydroxyl groups is 4. The van der Waals surface area contributed by atoms with Gasteiger partial charge in [-0.1, -0.05) is 260 Å². The molecule has 0 bridgehead atoms. The Bertz CT molecular complexity index is 2580. The van der Waals surface area contributed by atoms with E-state index in [9.17, 15) is 24.0 Å². The summed E-state index contributed by atoms with van der Waals surface area (Å²) >= 11 is 0. The Morgan fingerprint density at radius 3 is 0.817 bits per heavy atom. The minimum absolute atomic E-state index is 0.00867. The first-order valence-corrected chi connectivity index (χ1v) is 32.5. The Morgan fingerprint density at radius 2 is 0.602 bits per heavy atom. The summed E-state index contributed by atoms with van der Waals surface area (Å²) in [6.07, 6.45) is 4.74. The van der Waals surface area contributed by atoms with Crippen molar-refractivity contribution in [3.8, 4) is 0 Å². The van der Waals surface area contributed by atoms with Gasteiger partial charge in [-0.15, -0.1) is 0 Å². The van der Waals surface area contributed by atoms with Crippen molar-refractivity contribution in [2.45, 2.75) is 168 Å². The molecule has 0 spiro atoms. The third kappa shape index (κ3) is 51.6. The number of benzene rings is 6. The highest BCUT2D eigenvalue weighted by Gasteiger charge is 2.29. The highest BCUT2D eigenvalue weighted by molar-refractivity contribution is 5.74. The van der Waals surface area contributed by atoms with Gasteiger partial charge in [0.25, 0.3) is 0 Å². The van der Waals surface area contributed by atoms with Crippen molar-refractivity contribution in [1.82, 2.24) is 0 Å². The van der Waals surface area contributed by atoms with E-state index in [1.54, 1.807) is 45.0 Å². The number of carbonyl (C=O) groups is 5. The number of hydrogen-bond acceptors (Lipinski definition) is 14. The van der Waals surface area contributed by atoms with E-state index < -0.39 is 18.0 Å². The van der Waals surface area contributed by atoms with E-state index in [1.165, 1.54) is 38.0 Å². The molecule has 16 heteroatoms. The molecule has 1 aliphatic rings. The second kappa shape index (κ2) is 64.5. The first-order chi connectivity index (χ1) is 44.7. The Labute approximate surface area is 559 Å². The molecular weight excluding hydrogens is 1180 g/mol. The molecule has 1 heterocycles. The second-order valence-electron chi connectivity index (χ2n) is 20.1. The Balaban J connectivity index is -0.000000320. The Morgan fingerprint density at radius 1 is 0.387 bits per heavy atom. The lowest BCUT2D eigenvalue weighted by Gasteiger charge is -2.09. The number of esters is 3. The van der Waals surface area contributed by atoms with Crippen molar-refractivity contribution in [3.63, 3.8) is 0 Å². The molecule has 6 unspecified atom stereocenters. The van der Waals surface area contributed by atoms with Crippen LogP contribution < -0.4 is 5.73 Å². The third-order valence-electron chi connectivity index (χ3n) is 12.5. The fourth-order valence-corrected chi connectivity index (χ4v) is 7.60. The number of aliphatic carboxylic acids is 2. The molecule has 0 amide bonds. The van der Waals surface area contributed by atoms with Gasteiger partial charge in [-0.25, -0.2) is 0 Å². The largest absolute Gasteiger partial charge is 0.481 e. The van der Waals surface area contributed by atoms with Crippen molar-refractivity contribution in [2.75, 3.05) is 41.2 Å². The number of ether oxygens (including phenoxy) is 4. The number of carboxylic acid groups (broad SMARTS) is 2. The summed E-state index contributed by atoms with van der Waals surface area (Å²) in [6, 6.07) is 53.9. The van der Waals surface area contributed by atoms with Crippen LogP contribution in [-0.2, 0) is 94.7 Å². The standard InChI is InChI=1S/C12H16O3.2C11H14O2.C11H14O.C10H13NO3.C10H12O2.2C2H6O.4C2H6/c1-9(12(14)15-2)7-10-3-5-11(8-13)6-4-10;2*1-9(11(12)13-2)8-10-6-4-3-5-7-10;1-9(11-8-12-11)7-10-5-3-2-4-6-10;11-9(10(13)14)5-7-1-3-8(6-12)4-2-7;1-8(10(11)12)7-9-5-3-2-4-6-9;2*1-2-3;4*1-2/h3-6,9,13H,7-8H2,1-2H3;2*3-7,9H,8H2,1-2H3;2-6,9,11H,7-8H2,1H3;1-4,9,12H,5-6,11H2,(H,13,14);2-6,8H,7H2,1H3,(H,11,12);2*3H,2H2,1H3;4*1-2H3/t;;;9?,11-;;;;;;;;/m...1......../s1. The molecule has 0 aliphatic carbocycles. The zero-order valence-electron chi connectivity index (χ0n) is 59.4. The molecule has 6 aromatic rings. The van der Waals surface area contributed by atoms with Gasteiger partial charge in [0.2, 0.25) is 0 Å². The minimum atomic E-state index is -1.00. The van der Waals surface area contributed by atoms with Crippen LogP contribution in [0.2, 0.25) is 0 Å². The van der Waals surface area contributed by atoms with Crippen LogP contribution >= 0.6 is 0 Å². The molecule has 0 radical (unpaired) electrons. The van der Waals surface area contributed by atoms with Crippen molar-refractivity contribution < 1.29 is 73.6 Å². The predicted molar refractivity (Wildman–Crippen MR) is 378 cm³/mol. The molecule has 1 aliphatic heterocycles. The molecule has 1 saturated heterocycles. The van der Waals surface area contributed by atoms with E-state index in [-0.39, 0.29) is 68.0 Å². The minimum Gasteiger partial charge on any atom is -0.481 e. The third-order valence-corrected chi connectivity index (χ3v) is 12.5. The van der Waals surface area contributed by atoms with Gasteiger partial charge in [0.05, 0.1) is 70.9 Å². The fraction of sp³-hybridized carbons (Fsp3) is 0.468. The van der Waals surface area contributed by atoms with E-state index in [2.05, 4.69) is 51.5 Å². The van der Waals surface area contributed by atoms with E-state index in [4.69, 9.17) is 41.1 Å². The molecule has 6 aromatic carbocycles. The van der Waals surface area contributed by atoms with Gasteiger partial charge in [-0.05, 0) is 103 Å². The Hall–Kier alpha value is -7.57. The number of epoxide rings is 1. The van der Waals surface area contributed by atoms with Crippen LogP contribution in [0.3, 0.4) is 0 Å². The summed E-state index contributed by atoms with van der Waals surface area (Å²) in [5.74, 6) is -2.11. The molecule has 8 N–H and O–H groups in total. The van der Waals surface area contributed by atoms with Crippen molar-refractivity contribution >= 4 is 29.8 Å². The van der Waals surface area contributed by atoms with Gasteiger partial charge >= 0.3 is 29.8 Å². The Kier molecular flexibility index (Phi) is 65.3. The van der Waals surface area contributed by atoms with Gasteiger partial charge in [0.1, 0.15) is 6.04 Å². The van der Waals surface area contributed by atoms with Gasteiger partial charge in [0.15, 0.2) is 0 Å². The summed E-state index contributed by atoms with van der Waals surface area (Å²) in [6.45, 7) is 30.4. The highest BCUT2D eigenvalue weighted by atomic mass is 16.6. The summed E-state index contributed by atoms with van der Waals surface area (Å²) in [7, 11) is 4.24. The van der Waals surface area contributed by atoms with E-state index in [0.29, 0.717) is 31.3 Å². The van der Waals surface area contributed by atoms with Crippen molar-refractivity contribution in [2.24, 2.45) is 35.3 Å². The fourth-order valence-electron chi connectivity index (χ4n) is 7.60. The summed E-state index contributed by atoms with van der Waals surface area (Å²) < 4.78 is 19.2. The van der Waals surface area contributed by atoms with Crippen LogP contribution in [0.4, 0.5) is 0 Å². The molecule has 7 atom stereocenters. The molecule has 7 rings (SSSR count). The number of aliphatic hydroxyl groups excluding tert-OH is 4. The van der Waals surface area contributed by atoms with Crippen molar-refractivity contribution in [3.05, 3.63) is 214 Å². The molecule has 93 heavy (non-hydrogen) atoms. The van der Waals surface area contributed by atoms with E-state index >= 15 is 0 Å². The van der Waals surface area contributed by atoms with Crippen LogP contribution in [0.1, 0.15) is 148 Å². The average Bonchev–Trinajstić information content (AvgIpc) is 2.05. The molecule has 522 valence electrons. The van der Waals surface area contributed by atoms with Crippen LogP contribution in [-0.4, -0.2) is 114 Å². The molecule has 0 aromatic heterocycles. The summed E-state index contributed by atoms with van der Waals surface area (Å²) in [5.41, 5.74) is 13.8. The number of nitrogens with two attached hydrogens (primary N) is 1.